The zero-order chi connectivity index (χ0) is 26.5. The van der Waals surface area contributed by atoms with E-state index in [4.69, 9.17) is 9.47 Å². The number of phenolic OH excluding ortho intramolecular Hbond substituents is 3. The molecule has 3 aliphatic rings. The van der Waals surface area contributed by atoms with Crippen molar-refractivity contribution >= 4 is 23.0 Å². The highest BCUT2D eigenvalue weighted by Crippen LogP contribution is 2.49. The van der Waals surface area contributed by atoms with Gasteiger partial charge in [-0.25, -0.2) is 0 Å². The normalized spacial score (nSPS) is 28.6. The van der Waals surface area contributed by atoms with Crippen LogP contribution in [0.4, 0.5) is 17.1 Å². The monoisotopic (exact) mass is 510 g/mol. The molecule has 5 atom stereocenters. The van der Waals surface area contributed by atoms with Crippen molar-refractivity contribution in [3.05, 3.63) is 35.9 Å². The smallest absolute Gasteiger partial charge is 0.260 e. The fourth-order valence-corrected chi connectivity index (χ4v) is 5.58. The van der Waals surface area contributed by atoms with Crippen molar-refractivity contribution in [2.45, 2.75) is 89.6 Å². The molecule has 8 heteroatoms. The van der Waals surface area contributed by atoms with E-state index in [-0.39, 0.29) is 51.8 Å². The molecule has 4 N–H and O–H groups in total. The van der Waals surface area contributed by atoms with Crippen LogP contribution in [0.1, 0.15) is 76.6 Å². The number of hydrogen-bond donors (Lipinski definition) is 4. The number of para-hydroxylation sites is 1. The molecule has 37 heavy (non-hydrogen) atoms. The highest BCUT2D eigenvalue weighted by atomic mass is 16.6. The van der Waals surface area contributed by atoms with Crippen LogP contribution in [-0.4, -0.2) is 51.2 Å². The summed E-state index contributed by atoms with van der Waals surface area (Å²) in [4.78, 5) is 15.1. The Hall–Kier alpha value is -2.97. The van der Waals surface area contributed by atoms with Crippen LogP contribution in [0.3, 0.4) is 0 Å². The van der Waals surface area contributed by atoms with E-state index in [1.807, 2.05) is 0 Å². The first-order valence-corrected chi connectivity index (χ1v) is 13.4. The Morgan fingerprint density at radius 3 is 2.46 bits per heavy atom. The quantitative estimate of drug-likeness (QED) is 0.181. The maximum absolute atomic E-state index is 13.5. The van der Waals surface area contributed by atoms with Gasteiger partial charge in [0.05, 0.1) is 40.3 Å². The number of ether oxygens (including phenoxy) is 2. The summed E-state index contributed by atoms with van der Waals surface area (Å²) in [6.07, 6.45) is 6.39. The number of fused-ring (bicyclic) bond motifs is 2. The Morgan fingerprint density at radius 2 is 1.73 bits per heavy atom. The van der Waals surface area contributed by atoms with E-state index < -0.39 is 0 Å². The summed E-state index contributed by atoms with van der Waals surface area (Å²) in [5, 5.41) is 34.0. The number of epoxide rings is 2. The molecular weight excluding hydrogens is 472 g/mol. The van der Waals surface area contributed by atoms with Crippen LogP contribution in [0.2, 0.25) is 0 Å². The minimum Gasteiger partial charge on any atom is -0.508 e. The lowest BCUT2D eigenvalue weighted by atomic mass is 9.92. The molecular formula is C29H38N2O6. The minimum atomic E-state index is -0.297. The second kappa shape index (κ2) is 9.40. The van der Waals surface area contributed by atoms with Gasteiger partial charge >= 0.3 is 0 Å². The molecule has 2 fully saturated rings. The molecule has 200 valence electrons. The molecule has 3 heterocycles. The van der Waals surface area contributed by atoms with Gasteiger partial charge in [-0.3, -0.25) is 4.79 Å². The Bertz CT molecular complexity index is 1200. The topological polar surface area (TPSA) is 118 Å². The molecule has 2 saturated heterocycles. The SMILES string of the molecule is CCC1(C)OC1CCC1(C)OC1CCC(C)CCN1C(=O)c2cccc(O)c2Nc2c(O)cc(O)cc21. The third-order valence-corrected chi connectivity index (χ3v) is 8.58. The summed E-state index contributed by atoms with van der Waals surface area (Å²) < 4.78 is 11.9. The number of rotatable bonds is 10. The molecule has 3 aliphatic heterocycles. The standard InChI is InChI=1S/C29H38N2O6/c1-5-28(3)24(36-28)11-13-29(4)23(37-29)10-9-17(2)12-14-31-20-15-18(32)16-22(34)26(20)30-25-19(27(31)35)7-6-8-21(25)33/h6-8,15-17,23-24,30,32-34H,5,9-14H2,1-4H3. The largest absolute Gasteiger partial charge is 0.508 e. The predicted molar refractivity (Wildman–Crippen MR) is 142 cm³/mol. The van der Waals surface area contributed by atoms with Gasteiger partial charge in [0, 0.05) is 18.7 Å². The maximum atomic E-state index is 13.5. The highest BCUT2D eigenvalue weighted by Gasteiger charge is 2.55. The first kappa shape index (κ1) is 25.7. The molecule has 0 aromatic heterocycles. The number of nitrogens with one attached hydrogen (secondary N) is 1. The van der Waals surface area contributed by atoms with Crippen LogP contribution < -0.4 is 10.2 Å². The van der Waals surface area contributed by atoms with Crippen LogP contribution >= 0.6 is 0 Å². The van der Waals surface area contributed by atoms with Gasteiger partial charge in [0.25, 0.3) is 5.91 Å². The van der Waals surface area contributed by atoms with Crippen molar-refractivity contribution in [2.24, 2.45) is 5.92 Å². The average molecular weight is 511 g/mol. The summed E-state index contributed by atoms with van der Waals surface area (Å²) in [6, 6.07) is 7.43. The summed E-state index contributed by atoms with van der Waals surface area (Å²) in [7, 11) is 0. The van der Waals surface area contributed by atoms with E-state index in [0.29, 0.717) is 29.8 Å². The Labute approximate surface area is 218 Å². The van der Waals surface area contributed by atoms with Gasteiger partial charge in [0.1, 0.15) is 22.9 Å². The Balaban J connectivity index is 1.20. The maximum Gasteiger partial charge on any atom is 0.260 e. The highest BCUT2D eigenvalue weighted by molar-refractivity contribution is 6.15. The van der Waals surface area contributed by atoms with Gasteiger partial charge in [-0.15, -0.1) is 0 Å². The molecule has 0 spiro atoms. The zero-order valence-corrected chi connectivity index (χ0v) is 22.1. The molecule has 5 rings (SSSR count). The number of carbonyl (C=O) groups excluding carboxylic acids is 1. The molecule has 0 aliphatic carbocycles. The summed E-state index contributed by atoms with van der Waals surface area (Å²) in [5.41, 5.74) is 1.20. The van der Waals surface area contributed by atoms with Gasteiger partial charge in [0.2, 0.25) is 0 Å². The van der Waals surface area contributed by atoms with Crippen molar-refractivity contribution < 1.29 is 29.6 Å². The number of hydrogen-bond acceptors (Lipinski definition) is 7. The molecule has 0 bridgehead atoms. The van der Waals surface area contributed by atoms with Crippen molar-refractivity contribution in [2.75, 3.05) is 16.8 Å². The van der Waals surface area contributed by atoms with E-state index in [1.54, 1.807) is 17.0 Å². The van der Waals surface area contributed by atoms with Crippen molar-refractivity contribution in [1.82, 2.24) is 0 Å². The van der Waals surface area contributed by atoms with Crippen molar-refractivity contribution in [3.63, 3.8) is 0 Å². The van der Waals surface area contributed by atoms with Crippen LogP contribution in [0.15, 0.2) is 30.3 Å². The van der Waals surface area contributed by atoms with Gasteiger partial charge in [-0.1, -0.05) is 19.9 Å². The fraction of sp³-hybridized carbons (Fsp3) is 0.552. The number of nitrogens with zero attached hydrogens (tertiary/aromatic N) is 1. The van der Waals surface area contributed by atoms with Gasteiger partial charge < -0.3 is 35.0 Å². The molecule has 0 radical (unpaired) electrons. The summed E-state index contributed by atoms with van der Waals surface area (Å²) in [5.74, 6) is -0.378. The Kier molecular flexibility index (Phi) is 6.52. The first-order valence-electron chi connectivity index (χ1n) is 13.4. The third-order valence-electron chi connectivity index (χ3n) is 8.58. The average Bonchev–Trinajstić information content (AvgIpc) is 3.73. The van der Waals surface area contributed by atoms with E-state index in [0.717, 1.165) is 38.5 Å². The van der Waals surface area contributed by atoms with Crippen LogP contribution in [0, 0.1) is 5.92 Å². The van der Waals surface area contributed by atoms with E-state index >= 15 is 0 Å². The van der Waals surface area contributed by atoms with Gasteiger partial charge in [0.15, 0.2) is 0 Å². The molecule has 2 aromatic rings. The lowest BCUT2D eigenvalue weighted by Crippen LogP contribution is -2.32. The number of phenols is 3. The second-order valence-corrected chi connectivity index (χ2v) is 11.3. The summed E-state index contributed by atoms with van der Waals surface area (Å²) >= 11 is 0. The van der Waals surface area contributed by atoms with Gasteiger partial charge in [-0.2, -0.15) is 0 Å². The van der Waals surface area contributed by atoms with E-state index in [1.165, 1.54) is 18.2 Å². The van der Waals surface area contributed by atoms with Crippen molar-refractivity contribution in [3.8, 4) is 17.2 Å². The van der Waals surface area contributed by atoms with E-state index in [2.05, 4.69) is 33.0 Å². The molecule has 2 aromatic carbocycles. The second-order valence-electron chi connectivity index (χ2n) is 11.3. The lowest BCUT2D eigenvalue weighted by molar-refractivity contribution is 0.0986. The van der Waals surface area contributed by atoms with Crippen LogP contribution in [0.5, 0.6) is 17.2 Å². The van der Waals surface area contributed by atoms with Gasteiger partial charge in [-0.05, 0) is 70.4 Å². The van der Waals surface area contributed by atoms with Crippen LogP contribution in [0.25, 0.3) is 0 Å². The number of anilines is 3. The molecule has 0 saturated carbocycles. The molecule has 5 unspecified atom stereocenters. The minimum absolute atomic E-state index is 0.0566. The number of aromatic hydroxyl groups is 3. The van der Waals surface area contributed by atoms with E-state index in [9.17, 15) is 20.1 Å². The Morgan fingerprint density at radius 1 is 1.00 bits per heavy atom. The fourth-order valence-electron chi connectivity index (χ4n) is 5.58. The summed E-state index contributed by atoms with van der Waals surface area (Å²) in [6.45, 7) is 9.12. The lowest BCUT2D eigenvalue weighted by Gasteiger charge is -2.25. The molecule has 8 nitrogen and oxygen atoms in total. The van der Waals surface area contributed by atoms with Crippen molar-refractivity contribution in [1.29, 1.82) is 0 Å². The predicted octanol–water partition coefficient (Wildman–Crippen LogP) is 5.82. The molecule has 1 amide bonds. The van der Waals surface area contributed by atoms with Crippen LogP contribution in [-0.2, 0) is 9.47 Å². The number of carbonyl (C=O) groups is 1. The number of amides is 1. The zero-order valence-electron chi connectivity index (χ0n) is 22.1. The third kappa shape index (κ3) is 4.97. The number of benzene rings is 2. The first-order chi connectivity index (χ1) is 17.5.